The molecule has 1 fully saturated rings. The maximum absolute atomic E-state index is 9.20. The van der Waals surface area contributed by atoms with Crippen LogP contribution in [-0.2, 0) is 0 Å². The molecular weight excluding hydrogens is 265 g/mol. The van der Waals surface area contributed by atoms with E-state index in [1.165, 1.54) is 25.9 Å². The van der Waals surface area contributed by atoms with Crippen molar-refractivity contribution >= 4 is 12.6 Å². The molecule has 0 radical (unpaired) electrons. The summed E-state index contributed by atoms with van der Waals surface area (Å²) >= 11 is 0. The van der Waals surface area contributed by atoms with E-state index in [0.29, 0.717) is 12.1 Å². The third-order valence-electron chi connectivity index (χ3n) is 4.26. The fourth-order valence-corrected chi connectivity index (χ4v) is 2.69. The SMILES string of the molecule is Cc1ccc(B(O)O)cc1OCCCN1CCC(C)CC1. The molecule has 1 saturated heterocycles. The van der Waals surface area contributed by atoms with Crippen LogP contribution in [0, 0.1) is 12.8 Å². The Morgan fingerprint density at radius 1 is 1.29 bits per heavy atom. The van der Waals surface area contributed by atoms with E-state index in [-0.39, 0.29) is 0 Å². The van der Waals surface area contributed by atoms with Gasteiger partial charge in [-0.1, -0.05) is 19.1 Å². The molecule has 2 N–H and O–H groups in total. The summed E-state index contributed by atoms with van der Waals surface area (Å²) in [5.74, 6) is 1.61. The van der Waals surface area contributed by atoms with Gasteiger partial charge in [0.25, 0.3) is 0 Å². The zero-order valence-electron chi connectivity index (χ0n) is 13.1. The molecule has 1 aliphatic heterocycles. The topological polar surface area (TPSA) is 52.9 Å². The Kier molecular flexibility index (Phi) is 6.09. The van der Waals surface area contributed by atoms with Gasteiger partial charge in [-0.05, 0) is 62.3 Å². The van der Waals surface area contributed by atoms with E-state index in [4.69, 9.17) is 4.74 Å². The average molecular weight is 291 g/mol. The molecule has 0 aliphatic carbocycles. The Labute approximate surface area is 127 Å². The summed E-state index contributed by atoms with van der Waals surface area (Å²) in [7, 11) is -1.44. The third-order valence-corrected chi connectivity index (χ3v) is 4.26. The van der Waals surface area contributed by atoms with Gasteiger partial charge in [-0.2, -0.15) is 0 Å². The van der Waals surface area contributed by atoms with Gasteiger partial charge < -0.3 is 19.7 Å². The zero-order chi connectivity index (χ0) is 15.2. The van der Waals surface area contributed by atoms with Gasteiger partial charge in [-0.3, -0.25) is 0 Å². The Bertz CT molecular complexity index is 445. The molecule has 0 atom stereocenters. The van der Waals surface area contributed by atoms with Crippen LogP contribution in [0.1, 0.15) is 31.7 Å². The van der Waals surface area contributed by atoms with Gasteiger partial charge in [0.05, 0.1) is 6.61 Å². The number of likely N-dealkylation sites (tertiary alicyclic amines) is 1. The van der Waals surface area contributed by atoms with Crippen molar-refractivity contribution in [3.63, 3.8) is 0 Å². The van der Waals surface area contributed by atoms with Gasteiger partial charge in [0, 0.05) is 6.54 Å². The highest BCUT2D eigenvalue weighted by Crippen LogP contribution is 2.17. The number of piperidine rings is 1. The van der Waals surface area contributed by atoms with E-state index < -0.39 is 7.12 Å². The standard InChI is InChI=1S/C16H26BNO3/c1-13-6-9-18(10-7-13)8-3-11-21-16-12-15(17(19)20)5-4-14(16)2/h4-5,12-13,19-20H,3,6-11H2,1-2H3. The zero-order valence-corrected chi connectivity index (χ0v) is 13.1. The molecule has 21 heavy (non-hydrogen) atoms. The lowest BCUT2D eigenvalue weighted by Crippen LogP contribution is -2.34. The lowest BCUT2D eigenvalue weighted by atomic mass is 9.80. The normalized spacial score (nSPS) is 17.0. The second kappa shape index (κ2) is 7.83. The molecule has 1 aliphatic rings. The smallest absolute Gasteiger partial charge is 0.488 e. The van der Waals surface area contributed by atoms with Crippen LogP contribution in [0.4, 0.5) is 0 Å². The minimum atomic E-state index is -1.44. The molecule has 0 spiro atoms. The summed E-state index contributed by atoms with van der Waals surface area (Å²) < 4.78 is 5.79. The minimum absolute atomic E-state index is 0.473. The molecular formula is C16H26BNO3. The monoisotopic (exact) mass is 291 g/mol. The first-order valence-electron chi connectivity index (χ1n) is 7.88. The summed E-state index contributed by atoms with van der Waals surface area (Å²) in [4.78, 5) is 2.50. The van der Waals surface area contributed by atoms with Gasteiger partial charge in [0.1, 0.15) is 5.75 Å². The number of hydrogen-bond donors (Lipinski definition) is 2. The lowest BCUT2D eigenvalue weighted by Gasteiger charge is -2.30. The molecule has 1 aromatic carbocycles. The van der Waals surface area contributed by atoms with Crippen molar-refractivity contribution in [2.75, 3.05) is 26.2 Å². The molecule has 0 unspecified atom stereocenters. The van der Waals surface area contributed by atoms with Crippen molar-refractivity contribution in [2.45, 2.75) is 33.1 Å². The van der Waals surface area contributed by atoms with Crippen molar-refractivity contribution in [3.8, 4) is 5.75 Å². The molecule has 5 heteroatoms. The van der Waals surface area contributed by atoms with E-state index in [2.05, 4.69) is 11.8 Å². The maximum Gasteiger partial charge on any atom is 0.488 e. The lowest BCUT2D eigenvalue weighted by molar-refractivity contribution is 0.177. The number of benzene rings is 1. The van der Waals surface area contributed by atoms with E-state index in [1.807, 2.05) is 13.0 Å². The fourth-order valence-electron chi connectivity index (χ4n) is 2.69. The average Bonchev–Trinajstić information content (AvgIpc) is 2.47. The molecule has 1 heterocycles. The van der Waals surface area contributed by atoms with Crippen molar-refractivity contribution in [1.29, 1.82) is 0 Å². The highest BCUT2D eigenvalue weighted by molar-refractivity contribution is 6.58. The molecule has 0 saturated carbocycles. The second-order valence-corrected chi connectivity index (χ2v) is 6.12. The second-order valence-electron chi connectivity index (χ2n) is 6.12. The summed E-state index contributed by atoms with van der Waals surface area (Å²) in [6.07, 6.45) is 3.60. The predicted molar refractivity (Wildman–Crippen MR) is 86.0 cm³/mol. The van der Waals surface area contributed by atoms with Crippen LogP contribution < -0.4 is 10.2 Å². The number of nitrogens with zero attached hydrogens (tertiary/aromatic N) is 1. The van der Waals surface area contributed by atoms with Crippen molar-refractivity contribution in [3.05, 3.63) is 23.8 Å². The number of ether oxygens (including phenoxy) is 1. The highest BCUT2D eigenvalue weighted by Gasteiger charge is 2.15. The number of rotatable bonds is 6. The molecule has 2 rings (SSSR count). The van der Waals surface area contributed by atoms with E-state index in [9.17, 15) is 10.0 Å². The van der Waals surface area contributed by atoms with E-state index in [0.717, 1.165) is 30.2 Å². The van der Waals surface area contributed by atoms with Crippen LogP contribution in [0.15, 0.2) is 18.2 Å². The van der Waals surface area contributed by atoms with Crippen LogP contribution >= 0.6 is 0 Å². The van der Waals surface area contributed by atoms with Crippen LogP contribution in [0.2, 0.25) is 0 Å². The molecule has 0 aromatic heterocycles. The van der Waals surface area contributed by atoms with Gasteiger partial charge in [-0.15, -0.1) is 0 Å². The quantitative estimate of drug-likeness (QED) is 0.610. The molecule has 4 nitrogen and oxygen atoms in total. The summed E-state index contributed by atoms with van der Waals surface area (Å²) in [6.45, 7) is 8.44. The van der Waals surface area contributed by atoms with Crippen molar-refractivity contribution in [1.82, 2.24) is 4.90 Å². The third kappa shape index (κ3) is 5.02. The summed E-state index contributed by atoms with van der Waals surface area (Å²) in [5, 5.41) is 18.4. The predicted octanol–water partition coefficient (Wildman–Crippen LogP) is 1.18. The van der Waals surface area contributed by atoms with Gasteiger partial charge in [0.15, 0.2) is 0 Å². The van der Waals surface area contributed by atoms with Gasteiger partial charge >= 0.3 is 7.12 Å². The molecule has 116 valence electrons. The number of aryl methyl sites for hydroxylation is 1. The summed E-state index contributed by atoms with van der Waals surface area (Å²) in [6, 6.07) is 5.28. The Hall–Kier alpha value is -1.04. The molecule has 0 amide bonds. The fraction of sp³-hybridized carbons (Fsp3) is 0.625. The van der Waals surface area contributed by atoms with Crippen LogP contribution in [0.3, 0.4) is 0 Å². The van der Waals surface area contributed by atoms with Crippen molar-refractivity contribution in [2.24, 2.45) is 5.92 Å². The van der Waals surface area contributed by atoms with E-state index in [1.54, 1.807) is 12.1 Å². The van der Waals surface area contributed by atoms with Gasteiger partial charge in [0.2, 0.25) is 0 Å². The van der Waals surface area contributed by atoms with Crippen LogP contribution in [-0.4, -0.2) is 48.3 Å². The minimum Gasteiger partial charge on any atom is -0.493 e. The van der Waals surface area contributed by atoms with E-state index >= 15 is 0 Å². The van der Waals surface area contributed by atoms with Crippen LogP contribution in [0.5, 0.6) is 5.75 Å². The molecule has 1 aromatic rings. The highest BCUT2D eigenvalue weighted by atomic mass is 16.5. The Morgan fingerprint density at radius 3 is 2.67 bits per heavy atom. The van der Waals surface area contributed by atoms with Crippen LogP contribution in [0.25, 0.3) is 0 Å². The van der Waals surface area contributed by atoms with Crippen molar-refractivity contribution < 1.29 is 14.8 Å². The largest absolute Gasteiger partial charge is 0.493 e. The first-order chi connectivity index (χ1) is 10.1. The Morgan fingerprint density at radius 2 is 2.00 bits per heavy atom. The van der Waals surface area contributed by atoms with Gasteiger partial charge in [-0.25, -0.2) is 0 Å². The maximum atomic E-state index is 9.20. The summed E-state index contributed by atoms with van der Waals surface area (Å²) in [5.41, 5.74) is 1.49. The molecule has 0 bridgehead atoms. The first kappa shape index (κ1) is 16.3. The Balaban J connectivity index is 1.74. The number of hydrogen-bond acceptors (Lipinski definition) is 4. The first-order valence-corrected chi connectivity index (χ1v) is 7.88.